The summed E-state index contributed by atoms with van der Waals surface area (Å²) in [6.07, 6.45) is 0.738. The molecule has 0 aliphatic carbocycles. The maximum absolute atomic E-state index is 15.0. The number of anilines is 1. The van der Waals surface area contributed by atoms with Crippen LogP contribution in [0, 0.1) is 11.6 Å². The van der Waals surface area contributed by atoms with Gasteiger partial charge in [-0.25, -0.2) is 21.6 Å². The van der Waals surface area contributed by atoms with Crippen LogP contribution in [0.5, 0.6) is 11.5 Å². The summed E-state index contributed by atoms with van der Waals surface area (Å²) in [5, 5.41) is 5.46. The van der Waals surface area contributed by atoms with E-state index in [1.165, 1.54) is 40.5 Å². The van der Waals surface area contributed by atoms with Crippen LogP contribution in [0.3, 0.4) is 0 Å². The molecule has 0 saturated carbocycles. The highest BCUT2D eigenvalue weighted by molar-refractivity contribution is 7.97. The van der Waals surface area contributed by atoms with E-state index in [0.29, 0.717) is 18.1 Å². The molecule has 7 nitrogen and oxygen atoms in total. The van der Waals surface area contributed by atoms with Gasteiger partial charge in [-0.05, 0) is 96.9 Å². The lowest BCUT2D eigenvalue weighted by Crippen LogP contribution is -2.41. The van der Waals surface area contributed by atoms with E-state index in [2.05, 4.69) is 40.5 Å². The Bertz CT molecular complexity index is 1600. The Morgan fingerprint density at radius 1 is 0.932 bits per heavy atom. The van der Waals surface area contributed by atoms with Gasteiger partial charge in [0.2, 0.25) is 5.91 Å². The molecule has 1 amide bonds. The molecule has 0 fully saturated rings. The van der Waals surface area contributed by atoms with E-state index < -0.39 is 28.4 Å². The van der Waals surface area contributed by atoms with Crippen molar-refractivity contribution < 1.29 is 22.5 Å². The Labute approximate surface area is 268 Å². The molecule has 0 aliphatic rings. The lowest BCUT2D eigenvalue weighted by molar-refractivity contribution is -0.121. The third-order valence-electron chi connectivity index (χ3n) is 6.57. The molecule has 234 valence electrons. The second-order valence-electron chi connectivity index (χ2n) is 10.3. The monoisotopic (exact) mass is 660 g/mol. The summed E-state index contributed by atoms with van der Waals surface area (Å²) in [7, 11) is 3.86. The topological polar surface area (TPSA) is 65.1 Å². The van der Waals surface area contributed by atoms with Crippen molar-refractivity contribution in [2.24, 2.45) is 0 Å². The number of carbonyl (C=O) groups is 1. The number of hydrogen-bond donors (Lipinski definition) is 1. The molecule has 0 heterocycles. The van der Waals surface area contributed by atoms with Gasteiger partial charge in [-0.15, -0.1) is 0 Å². The molecule has 0 bridgehead atoms. The first-order chi connectivity index (χ1) is 21.0. The number of amides is 1. The fourth-order valence-electron chi connectivity index (χ4n) is 4.23. The predicted octanol–water partition coefficient (Wildman–Crippen LogP) is 7.12. The van der Waals surface area contributed by atoms with Crippen molar-refractivity contribution in [1.29, 1.82) is 0 Å². The maximum Gasteiger partial charge on any atom is 0.235 e. The highest BCUT2D eigenvalue weighted by Gasteiger charge is 2.23. The largest absolute Gasteiger partial charge is 0.451 e. The molecular formula is C32H35ClF2N4O3S2. The van der Waals surface area contributed by atoms with Crippen LogP contribution in [0.2, 0.25) is 5.02 Å². The molecule has 4 aromatic rings. The summed E-state index contributed by atoms with van der Waals surface area (Å²) in [5.41, 5.74) is 1.10. The number of nitrogens with one attached hydrogen (secondary N) is 1. The Kier molecular flexibility index (Phi) is 12.0. The molecule has 1 atom stereocenters. The number of likely N-dealkylation sites (N-methyl/N-ethyl adjacent to an activating group) is 1. The van der Waals surface area contributed by atoms with Crippen LogP contribution in [0.1, 0.15) is 13.3 Å². The maximum atomic E-state index is 15.0. The fraction of sp³-hybridized carbons (Fsp3) is 0.281. The Morgan fingerprint density at radius 2 is 1.61 bits per heavy atom. The third kappa shape index (κ3) is 9.15. The number of halogens is 3. The normalized spacial score (nSPS) is 12.1. The summed E-state index contributed by atoms with van der Waals surface area (Å²) in [5.74, 6) is -2.78. The van der Waals surface area contributed by atoms with Crippen molar-refractivity contribution >= 4 is 56.9 Å². The van der Waals surface area contributed by atoms with E-state index in [1.54, 1.807) is 0 Å². The SMILES string of the molecule is CCCNC(=O)CN(CCN(C)Sc1ccc2ccc(N(C)C)cc2c1)S(=O)c1cc(F)c(Oc2ccc(Cl)cc2)c(F)c1. The first-order valence-electron chi connectivity index (χ1n) is 14.0. The number of carbonyl (C=O) groups excluding carboxylic acids is 1. The molecule has 0 spiro atoms. The average Bonchev–Trinajstić information content (AvgIpc) is 3.00. The Hall–Kier alpha value is -3.22. The second kappa shape index (κ2) is 15.7. The summed E-state index contributed by atoms with van der Waals surface area (Å²) < 4.78 is 52.4. The van der Waals surface area contributed by atoms with Crippen LogP contribution >= 0.6 is 23.5 Å². The number of ether oxygens (including phenoxy) is 1. The van der Waals surface area contributed by atoms with Crippen molar-refractivity contribution in [2.75, 3.05) is 52.2 Å². The van der Waals surface area contributed by atoms with Crippen LogP contribution in [0.4, 0.5) is 14.5 Å². The van der Waals surface area contributed by atoms with E-state index in [0.717, 1.165) is 39.9 Å². The van der Waals surface area contributed by atoms with E-state index in [9.17, 15) is 9.00 Å². The molecule has 1 N–H and O–H groups in total. The van der Waals surface area contributed by atoms with Gasteiger partial charge in [-0.2, -0.15) is 0 Å². The number of rotatable bonds is 14. The number of benzene rings is 4. The van der Waals surface area contributed by atoms with E-state index in [1.807, 2.05) is 38.4 Å². The number of nitrogens with zero attached hydrogens (tertiary/aromatic N) is 3. The van der Waals surface area contributed by atoms with Gasteiger partial charge in [0.1, 0.15) is 16.7 Å². The quantitative estimate of drug-likeness (QED) is 0.145. The van der Waals surface area contributed by atoms with Crippen LogP contribution in [-0.2, 0) is 15.8 Å². The van der Waals surface area contributed by atoms with Gasteiger partial charge in [0, 0.05) is 49.3 Å². The number of fused-ring (bicyclic) bond motifs is 1. The van der Waals surface area contributed by atoms with Crippen LogP contribution in [-0.4, -0.2) is 66.0 Å². The van der Waals surface area contributed by atoms with Gasteiger partial charge >= 0.3 is 0 Å². The lowest BCUT2D eigenvalue weighted by Gasteiger charge is -2.24. The van der Waals surface area contributed by atoms with Crippen molar-refractivity contribution in [3.8, 4) is 11.5 Å². The number of hydrogen-bond acceptors (Lipinski definition) is 6. The molecule has 4 aromatic carbocycles. The zero-order chi connectivity index (χ0) is 31.8. The third-order valence-corrected chi connectivity index (χ3v) is 9.20. The molecule has 1 unspecified atom stereocenters. The van der Waals surface area contributed by atoms with Gasteiger partial charge in [0.25, 0.3) is 0 Å². The van der Waals surface area contributed by atoms with Gasteiger partial charge in [0.05, 0.1) is 11.4 Å². The van der Waals surface area contributed by atoms with Gasteiger partial charge in [0.15, 0.2) is 17.4 Å². The summed E-state index contributed by atoms with van der Waals surface area (Å²) in [4.78, 5) is 15.6. The molecule has 0 radical (unpaired) electrons. The summed E-state index contributed by atoms with van der Waals surface area (Å²) in [6, 6.07) is 20.5. The van der Waals surface area contributed by atoms with Crippen molar-refractivity contribution in [1.82, 2.24) is 13.9 Å². The van der Waals surface area contributed by atoms with E-state index >= 15 is 8.78 Å². The van der Waals surface area contributed by atoms with E-state index in [4.69, 9.17) is 16.3 Å². The molecule has 0 aliphatic heterocycles. The molecule has 12 heteroatoms. The van der Waals surface area contributed by atoms with Crippen molar-refractivity contribution in [2.45, 2.75) is 23.1 Å². The van der Waals surface area contributed by atoms with Crippen molar-refractivity contribution in [3.63, 3.8) is 0 Å². The first kappa shape index (κ1) is 33.7. The minimum atomic E-state index is -2.04. The minimum Gasteiger partial charge on any atom is -0.451 e. The zero-order valence-electron chi connectivity index (χ0n) is 25.0. The fourth-order valence-corrected chi connectivity index (χ4v) is 6.39. The summed E-state index contributed by atoms with van der Waals surface area (Å²) in [6.45, 7) is 2.79. The highest BCUT2D eigenvalue weighted by atomic mass is 35.5. The van der Waals surface area contributed by atoms with Crippen LogP contribution in [0.25, 0.3) is 10.8 Å². The smallest absolute Gasteiger partial charge is 0.235 e. The average molecular weight is 661 g/mol. The highest BCUT2D eigenvalue weighted by Crippen LogP contribution is 2.31. The van der Waals surface area contributed by atoms with Gasteiger partial charge in [-0.1, -0.05) is 30.7 Å². The Balaban J connectivity index is 1.48. The zero-order valence-corrected chi connectivity index (χ0v) is 27.4. The van der Waals surface area contributed by atoms with Crippen LogP contribution < -0.4 is 15.0 Å². The second-order valence-corrected chi connectivity index (χ2v) is 13.5. The predicted molar refractivity (Wildman–Crippen MR) is 176 cm³/mol. The van der Waals surface area contributed by atoms with Crippen molar-refractivity contribution in [3.05, 3.63) is 89.5 Å². The van der Waals surface area contributed by atoms with Gasteiger partial charge < -0.3 is 15.0 Å². The molecule has 44 heavy (non-hydrogen) atoms. The molecule has 4 rings (SSSR count). The first-order valence-corrected chi connectivity index (χ1v) is 16.3. The molecular weight excluding hydrogens is 626 g/mol. The molecule has 0 aromatic heterocycles. The van der Waals surface area contributed by atoms with E-state index in [-0.39, 0.29) is 29.6 Å². The standard InChI is InChI=1S/C32H35ClF2N4O3S2/c1-5-14-36-31(40)21-39(16-15-38(4)43-27-13-7-22-6-10-25(37(2)3)17-23(22)18-27)44(41)28-19-29(34)32(30(35)20-28)42-26-11-8-24(33)9-12-26/h6-13,17-20H,5,14-16,21H2,1-4H3,(H,36,40). The lowest BCUT2D eigenvalue weighted by atomic mass is 10.1. The summed E-state index contributed by atoms with van der Waals surface area (Å²) >= 11 is 7.38. The minimum absolute atomic E-state index is 0.117. The van der Waals surface area contributed by atoms with Crippen LogP contribution in [0.15, 0.2) is 82.6 Å². The van der Waals surface area contributed by atoms with Gasteiger partial charge in [-0.3, -0.25) is 4.79 Å². The molecule has 0 saturated heterocycles. The Morgan fingerprint density at radius 3 is 2.27 bits per heavy atom.